The molecule has 9 heteroatoms. The molecule has 1 aliphatic carbocycles. The van der Waals surface area contributed by atoms with Crippen LogP contribution in [-0.4, -0.2) is 39.7 Å². The zero-order chi connectivity index (χ0) is 19.9. The van der Waals surface area contributed by atoms with E-state index in [1.807, 2.05) is 36.7 Å². The lowest BCUT2D eigenvalue weighted by molar-refractivity contribution is -0.122. The number of benzene rings is 1. The predicted molar refractivity (Wildman–Crippen MR) is 124 cm³/mol. The smallest absolute Gasteiger partial charge is 0.223 e. The first-order valence-electron chi connectivity index (χ1n) is 9.77. The van der Waals surface area contributed by atoms with Crippen molar-refractivity contribution >= 4 is 35.8 Å². The molecule has 0 radical (unpaired) electrons. The van der Waals surface area contributed by atoms with Gasteiger partial charge in [-0.1, -0.05) is 30.3 Å². The minimum absolute atomic E-state index is 0. The number of nitrogens with zero attached hydrogens (tertiary/aromatic N) is 4. The monoisotopic (exact) mass is 511 g/mol. The third kappa shape index (κ3) is 6.98. The minimum atomic E-state index is 0. The quantitative estimate of drug-likeness (QED) is 0.218. The van der Waals surface area contributed by atoms with Crippen LogP contribution in [0.3, 0.4) is 0 Å². The largest absolute Gasteiger partial charge is 0.355 e. The van der Waals surface area contributed by atoms with Crippen molar-refractivity contribution in [2.24, 2.45) is 18.0 Å². The summed E-state index contributed by atoms with van der Waals surface area (Å²) < 4.78 is 1.93. The van der Waals surface area contributed by atoms with Crippen LogP contribution in [-0.2, 0) is 18.4 Å². The van der Waals surface area contributed by atoms with Crippen LogP contribution >= 0.6 is 24.0 Å². The second kappa shape index (κ2) is 11.1. The van der Waals surface area contributed by atoms with Gasteiger partial charge in [0.05, 0.1) is 6.04 Å². The molecule has 1 saturated carbocycles. The number of aryl methyl sites for hydroxylation is 1. The molecule has 158 valence electrons. The van der Waals surface area contributed by atoms with Gasteiger partial charge in [0.25, 0.3) is 0 Å². The van der Waals surface area contributed by atoms with E-state index in [1.54, 1.807) is 0 Å². The molecule has 1 unspecified atom stereocenters. The number of halogens is 1. The van der Waals surface area contributed by atoms with E-state index in [-0.39, 0.29) is 41.8 Å². The average molecular weight is 511 g/mol. The molecule has 1 heterocycles. The number of aromatic nitrogens is 3. The number of nitrogens with one attached hydrogen (secondary N) is 3. The molecule has 0 spiro atoms. The van der Waals surface area contributed by atoms with Gasteiger partial charge >= 0.3 is 0 Å². The van der Waals surface area contributed by atoms with Gasteiger partial charge in [-0.25, -0.2) is 4.99 Å². The molecule has 0 saturated heterocycles. The number of hydrogen-bond acceptors (Lipinski definition) is 4. The summed E-state index contributed by atoms with van der Waals surface area (Å²) in [5.41, 5.74) is 1.17. The Morgan fingerprint density at radius 3 is 2.52 bits per heavy atom. The van der Waals surface area contributed by atoms with Crippen molar-refractivity contribution in [3.8, 4) is 0 Å². The fourth-order valence-electron chi connectivity index (χ4n) is 2.78. The maximum absolute atomic E-state index is 11.8. The molecule has 1 aromatic heterocycles. The molecule has 3 rings (SSSR count). The normalized spacial score (nSPS) is 14.7. The zero-order valence-corrected chi connectivity index (χ0v) is 19.5. The average Bonchev–Trinajstić information content (AvgIpc) is 3.51. The molecule has 3 N–H and O–H groups in total. The third-order valence-corrected chi connectivity index (χ3v) is 4.88. The molecule has 1 atom stereocenters. The number of amides is 1. The zero-order valence-electron chi connectivity index (χ0n) is 17.2. The Hall–Kier alpha value is -2.17. The number of hydrogen-bond donors (Lipinski definition) is 3. The van der Waals surface area contributed by atoms with Crippen LogP contribution in [0.2, 0.25) is 0 Å². The number of aliphatic imine (C=N–C) groups is 1. The second-order valence-electron chi connectivity index (χ2n) is 7.16. The second-order valence-corrected chi connectivity index (χ2v) is 7.16. The predicted octanol–water partition coefficient (Wildman–Crippen LogP) is 2.06. The van der Waals surface area contributed by atoms with Crippen molar-refractivity contribution in [2.45, 2.75) is 39.3 Å². The van der Waals surface area contributed by atoms with Gasteiger partial charge in [-0.15, -0.1) is 34.2 Å². The summed E-state index contributed by atoms with van der Waals surface area (Å²) in [6.45, 7) is 5.59. The Balaban J connectivity index is 0.00000300. The van der Waals surface area contributed by atoms with Crippen molar-refractivity contribution in [1.29, 1.82) is 0 Å². The standard InChI is InChI=1S/C20H29N7O.HI/c1-14(16-7-5-4-6-8-16)24-20(22-12-11-21-19(28)17-9-10-17)23-13-18-26-25-15(2)27(18)3;/h4-8,14,17H,9-13H2,1-3H3,(H,21,28)(H2,22,23,24);1H. The van der Waals surface area contributed by atoms with E-state index in [4.69, 9.17) is 0 Å². The Morgan fingerprint density at radius 1 is 1.21 bits per heavy atom. The van der Waals surface area contributed by atoms with Gasteiger partial charge in [-0.05, 0) is 32.3 Å². The van der Waals surface area contributed by atoms with Crippen LogP contribution < -0.4 is 16.0 Å². The number of guanidine groups is 1. The highest BCUT2D eigenvalue weighted by molar-refractivity contribution is 14.0. The van der Waals surface area contributed by atoms with Crippen LogP contribution in [0.25, 0.3) is 0 Å². The Labute approximate surface area is 189 Å². The highest BCUT2D eigenvalue weighted by Crippen LogP contribution is 2.28. The third-order valence-electron chi connectivity index (χ3n) is 4.88. The van der Waals surface area contributed by atoms with Crippen molar-refractivity contribution in [2.75, 3.05) is 13.1 Å². The lowest BCUT2D eigenvalue weighted by atomic mass is 10.1. The maximum atomic E-state index is 11.8. The van der Waals surface area contributed by atoms with Crippen LogP contribution in [0, 0.1) is 12.8 Å². The fraction of sp³-hybridized carbons (Fsp3) is 0.500. The van der Waals surface area contributed by atoms with Crippen LogP contribution in [0.1, 0.15) is 43.0 Å². The highest BCUT2D eigenvalue weighted by Gasteiger charge is 2.28. The minimum Gasteiger partial charge on any atom is -0.355 e. The highest BCUT2D eigenvalue weighted by atomic mass is 127. The molecule has 29 heavy (non-hydrogen) atoms. The van der Waals surface area contributed by atoms with Crippen molar-refractivity contribution < 1.29 is 4.79 Å². The number of rotatable bonds is 8. The van der Waals surface area contributed by atoms with Gasteiger partial charge in [-0.2, -0.15) is 0 Å². The van der Waals surface area contributed by atoms with E-state index < -0.39 is 0 Å². The first-order chi connectivity index (χ1) is 13.5. The SMILES string of the molecule is Cc1nnc(CN=C(NCCNC(=O)C2CC2)NC(C)c2ccccc2)n1C.I. The molecule has 1 fully saturated rings. The van der Waals surface area contributed by atoms with Crippen molar-refractivity contribution in [3.63, 3.8) is 0 Å². The molecule has 8 nitrogen and oxygen atoms in total. The molecule has 2 aromatic rings. The summed E-state index contributed by atoms with van der Waals surface area (Å²) in [6, 6.07) is 10.3. The molecular formula is C20H30IN7O. The first kappa shape index (κ1) is 23.1. The van der Waals surface area contributed by atoms with E-state index in [0.717, 1.165) is 24.5 Å². The molecule has 1 amide bonds. The lowest BCUT2D eigenvalue weighted by Crippen LogP contribution is -2.42. The topological polar surface area (TPSA) is 96.2 Å². The van der Waals surface area contributed by atoms with Gasteiger partial charge in [0.2, 0.25) is 5.91 Å². The van der Waals surface area contributed by atoms with Gasteiger partial charge in [-0.3, -0.25) is 4.79 Å². The Kier molecular flexibility index (Phi) is 8.87. The van der Waals surface area contributed by atoms with E-state index in [1.165, 1.54) is 5.56 Å². The summed E-state index contributed by atoms with van der Waals surface area (Å²) in [4.78, 5) is 16.4. The van der Waals surface area contributed by atoms with Crippen LogP contribution in [0.5, 0.6) is 0 Å². The Morgan fingerprint density at radius 2 is 1.90 bits per heavy atom. The summed E-state index contributed by atoms with van der Waals surface area (Å²) in [5, 5.41) is 17.9. The van der Waals surface area contributed by atoms with Crippen LogP contribution in [0.4, 0.5) is 0 Å². The van der Waals surface area contributed by atoms with E-state index in [2.05, 4.69) is 50.2 Å². The van der Waals surface area contributed by atoms with E-state index in [9.17, 15) is 4.79 Å². The van der Waals surface area contributed by atoms with Gasteiger partial charge < -0.3 is 20.5 Å². The summed E-state index contributed by atoms with van der Waals surface area (Å²) in [7, 11) is 1.93. The molecule has 1 aromatic carbocycles. The van der Waals surface area contributed by atoms with Crippen LogP contribution in [0.15, 0.2) is 35.3 Å². The van der Waals surface area contributed by atoms with Crippen molar-refractivity contribution in [1.82, 2.24) is 30.7 Å². The molecule has 0 bridgehead atoms. The maximum Gasteiger partial charge on any atom is 0.223 e. The number of carbonyl (C=O) groups excluding carboxylic acids is 1. The van der Waals surface area contributed by atoms with E-state index in [0.29, 0.717) is 25.6 Å². The summed E-state index contributed by atoms with van der Waals surface area (Å²) >= 11 is 0. The molecule has 1 aliphatic rings. The van der Waals surface area contributed by atoms with Gasteiger partial charge in [0.15, 0.2) is 11.8 Å². The lowest BCUT2D eigenvalue weighted by Gasteiger charge is -2.19. The summed E-state index contributed by atoms with van der Waals surface area (Å²) in [5.74, 6) is 2.71. The molecular weight excluding hydrogens is 481 g/mol. The van der Waals surface area contributed by atoms with Gasteiger partial charge in [0.1, 0.15) is 12.4 Å². The van der Waals surface area contributed by atoms with Crippen molar-refractivity contribution in [3.05, 3.63) is 47.5 Å². The molecule has 0 aliphatic heterocycles. The first-order valence-corrected chi connectivity index (χ1v) is 9.77. The summed E-state index contributed by atoms with van der Waals surface area (Å²) in [6.07, 6.45) is 2.03. The number of carbonyl (C=O) groups is 1. The van der Waals surface area contributed by atoms with Gasteiger partial charge in [0, 0.05) is 26.1 Å². The fourth-order valence-corrected chi connectivity index (χ4v) is 2.78. The Bertz CT molecular complexity index is 817. The van der Waals surface area contributed by atoms with E-state index >= 15 is 0 Å².